The van der Waals surface area contributed by atoms with E-state index in [4.69, 9.17) is 15.3 Å². The average molecular weight is 459 g/mol. The van der Waals surface area contributed by atoms with Crippen molar-refractivity contribution in [3.8, 4) is 23.8 Å². The van der Waals surface area contributed by atoms with Crippen molar-refractivity contribution in [1.29, 1.82) is 10.5 Å². The Hall–Kier alpha value is -4.34. The molecule has 4 rings (SSSR count). The van der Waals surface area contributed by atoms with E-state index in [2.05, 4.69) is 15.3 Å². The third-order valence-corrected chi connectivity index (χ3v) is 5.58. The highest BCUT2D eigenvalue weighted by molar-refractivity contribution is 7.16. The van der Waals surface area contributed by atoms with Gasteiger partial charge in [0.25, 0.3) is 0 Å². The quantitative estimate of drug-likeness (QED) is 0.341. The number of fused-ring (bicyclic) bond motifs is 1. The molecule has 0 aliphatic carbocycles. The highest BCUT2D eigenvalue weighted by Crippen LogP contribution is 2.36. The van der Waals surface area contributed by atoms with E-state index in [1.165, 1.54) is 29.5 Å². The molecule has 162 valence electrons. The third kappa shape index (κ3) is 4.36. The number of halogens is 2. The summed E-state index contributed by atoms with van der Waals surface area (Å²) in [5.41, 5.74) is 1.95. The zero-order valence-electron chi connectivity index (χ0n) is 17.5. The Kier molecular flexibility index (Phi) is 5.99. The summed E-state index contributed by atoms with van der Waals surface area (Å²) < 4.78 is 34.5. The van der Waals surface area contributed by atoms with Crippen molar-refractivity contribution < 1.29 is 13.5 Å². The number of nitrogens with zero attached hydrogens (tertiary/aromatic N) is 4. The van der Waals surface area contributed by atoms with Gasteiger partial charge in [-0.25, -0.2) is 13.8 Å². The lowest BCUT2D eigenvalue weighted by molar-refractivity contribution is 0.462. The fraction of sp³-hybridized carbons (Fsp3) is 0.0833. The monoisotopic (exact) mass is 459 g/mol. The largest absolute Gasteiger partial charge is 0.438 e. The van der Waals surface area contributed by atoms with Gasteiger partial charge in [0.1, 0.15) is 16.6 Å². The average Bonchev–Trinajstić information content (AvgIpc) is 3.27. The molecular formula is C24H15F2N5OS. The SMILES string of the molecule is Cc1cc(/C=C/C#N)cc(C)c1Oc1nc(Nc2ccc(C#N)c(F)c2F)nc2sccc12. The molecule has 0 aliphatic heterocycles. The standard InChI is InChI=1S/C24H15F2N5OS/c1-13-10-15(4-3-8-27)11-14(2)21(13)32-22-17-7-9-33-23(17)31-24(30-22)29-18-6-5-16(12-28)19(25)20(18)26/h3-7,9-11H,1-2H3,(H,29,30,31)/b4-3+. The number of allylic oxidation sites excluding steroid dienone is 1. The van der Waals surface area contributed by atoms with Crippen LogP contribution in [0.5, 0.6) is 11.6 Å². The van der Waals surface area contributed by atoms with Gasteiger partial charge in [0.05, 0.1) is 22.7 Å². The molecule has 2 aromatic carbocycles. The third-order valence-electron chi connectivity index (χ3n) is 4.77. The Morgan fingerprint density at radius 1 is 1.06 bits per heavy atom. The van der Waals surface area contributed by atoms with Gasteiger partial charge in [-0.05, 0) is 72.3 Å². The normalized spacial score (nSPS) is 10.8. The summed E-state index contributed by atoms with van der Waals surface area (Å²) in [6.07, 6.45) is 3.11. The molecule has 1 N–H and O–H groups in total. The summed E-state index contributed by atoms with van der Waals surface area (Å²) in [5, 5.41) is 22.8. The molecule has 0 bridgehead atoms. The molecule has 9 heteroatoms. The molecule has 2 aromatic heterocycles. The molecule has 4 aromatic rings. The lowest BCUT2D eigenvalue weighted by atomic mass is 10.1. The van der Waals surface area contributed by atoms with E-state index in [0.717, 1.165) is 16.7 Å². The number of hydrogen-bond donors (Lipinski definition) is 1. The molecule has 0 saturated heterocycles. The summed E-state index contributed by atoms with van der Waals surface area (Å²) in [5.74, 6) is -1.57. The number of aromatic nitrogens is 2. The lowest BCUT2D eigenvalue weighted by Gasteiger charge is -2.14. The van der Waals surface area contributed by atoms with Crippen molar-refractivity contribution >= 4 is 39.3 Å². The second kappa shape index (κ2) is 9.03. The maximum atomic E-state index is 14.4. The molecule has 0 radical (unpaired) electrons. The zero-order valence-corrected chi connectivity index (χ0v) is 18.3. The van der Waals surface area contributed by atoms with Crippen molar-refractivity contribution in [1.82, 2.24) is 9.97 Å². The summed E-state index contributed by atoms with van der Waals surface area (Å²) in [4.78, 5) is 9.34. The highest BCUT2D eigenvalue weighted by Gasteiger charge is 2.17. The Labute approximate surface area is 192 Å². The number of aryl methyl sites for hydroxylation is 2. The topological polar surface area (TPSA) is 94.6 Å². The Morgan fingerprint density at radius 2 is 1.82 bits per heavy atom. The predicted molar refractivity (Wildman–Crippen MR) is 122 cm³/mol. The Balaban J connectivity index is 1.73. The minimum Gasteiger partial charge on any atom is -0.438 e. The van der Waals surface area contributed by atoms with Crippen molar-refractivity contribution in [3.05, 3.63) is 75.7 Å². The first-order chi connectivity index (χ1) is 15.9. The van der Waals surface area contributed by atoms with Crippen LogP contribution >= 0.6 is 11.3 Å². The van der Waals surface area contributed by atoms with Gasteiger partial charge >= 0.3 is 0 Å². The van der Waals surface area contributed by atoms with Crippen LogP contribution in [0.3, 0.4) is 0 Å². The van der Waals surface area contributed by atoms with Crippen LogP contribution in [0, 0.1) is 48.1 Å². The summed E-state index contributed by atoms with van der Waals surface area (Å²) >= 11 is 1.35. The highest BCUT2D eigenvalue weighted by atomic mass is 32.1. The Morgan fingerprint density at radius 3 is 2.52 bits per heavy atom. The van der Waals surface area contributed by atoms with Crippen molar-refractivity contribution in [2.45, 2.75) is 13.8 Å². The number of ether oxygens (including phenoxy) is 1. The molecular weight excluding hydrogens is 444 g/mol. The van der Waals surface area contributed by atoms with Gasteiger partial charge in [0.15, 0.2) is 11.6 Å². The minimum absolute atomic E-state index is 0.0202. The van der Waals surface area contributed by atoms with Crippen LogP contribution in [0.1, 0.15) is 22.3 Å². The summed E-state index contributed by atoms with van der Waals surface area (Å²) in [6, 6.07) is 11.6. The number of hydrogen-bond acceptors (Lipinski definition) is 7. The molecule has 33 heavy (non-hydrogen) atoms. The van der Waals surface area contributed by atoms with Crippen LogP contribution < -0.4 is 10.1 Å². The number of nitriles is 2. The molecule has 0 aliphatic rings. The maximum absolute atomic E-state index is 14.4. The number of anilines is 2. The summed E-state index contributed by atoms with van der Waals surface area (Å²) in [7, 11) is 0. The molecule has 0 saturated carbocycles. The molecule has 0 unspecified atom stereocenters. The second-order valence-corrected chi connectivity index (χ2v) is 7.96. The maximum Gasteiger partial charge on any atom is 0.232 e. The van der Waals surface area contributed by atoms with Crippen molar-refractivity contribution in [3.63, 3.8) is 0 Å². The van der Waals surface area contributed by atoms with Gasteiger partial charge in [-0.15, -0.1) is 11.3 Å². The predicted octanol–water partition coefficient (Wildman–Crippen LogP) is 6.53. The summed E-state index contributed by atoms with van der Waals surface area (Å²) in [6.45, 7) is 3.76. The van der Waals surface area contributed by atoms with E-state index in [1.54, 1.807) is 12.1 Å². The van der Waals surface area contributed by atoms with Crippen LogP contribution in [-0.2, 0) is 0 Å². The van der Waals surface area contributed by atoms with Gasteiger partial charge in [-0.2, -0.15) is 15.5 Å². The minimum atomic E-state index is -1.24. The van der Waals surface area contributed by atoms with Crippen LogP contribution in [0.25, 0.3) is 16.3 Å². The molecule has 0 atom stereocenters. The van der Waals surface area contributed by atoms with Crippen LogP contribution in [0.4, 0.5) is 20.4 Å². The van der Waals surface area contributed by atoms with Gasteiger partial charge < -0.3 is 10.1 Å². The zero-order chi connectivity index (χ0) is 23.5. The van der Waals surface area contributed by atoms with E-state index in [0.29, 0.717) is 16.0 Å². The van der Waals surface area contributed by atoms with Gasteiger partial charge in [-0.3, -0.25) is 0 Å². The van der Waals surface area contributed by atoms with E-state index in [9.17, 15) is 8.78 Å². The first-order valence-electron chi connectivity index (χ1n) is 9.67. The van der Waals surface area contributed by atoms with Gasteiger partial charge in [-0.1, -0.05) is 0 Å². The first-order valence-corrected chi connectivity index (χ1v) is 10.5. The number of rotatable bonds is 5. The number of thiophene rings is 1. The molecule has 0 spiro atoms. The fourth-order valence-corrected chi connectivity index (χ4v) is 4.04. The molecule has 2 heterocycles. The van der Waals surface area contributed by atoms with Crippen LogP contribution in [-0.4, -0.2) is 9.97 Å². The Bertz CT molecular complexity index is 1470. The lowest BCUT2D eigenvalue weighted by Crippen LogP contribution is -2.03. The van der Waals surface area contributed by atoms with E-state index < -0.39 is 17.2 Å². The van der Waals surface area contributed by atoms with Crippen LogP contribution in [0.15, 0.2) is 41.8 Å². The van der Waals surface area contributed by atoms with Crippen molar-refractivity contribution in [2.75, 3.05) is 5.32 Å². The van der Waals surface area contributed by atoms with Crippen molar-refractivity contribution in [2.24, 2.45) is 0 Å². The van der Waals surface area contributed by atoms with E-state index in [1.807, 2.05) is 43.5 Å². The van der Waals surface area contributed by atoms with Crippen LogP contribution in [0.2, 0.25) is 0 Å². The van der Waals surface area contributed by atoms with E-state index in [-0.39, 0.29) is 17.5 Å². The van der Waals surface area contributed by atoms with Gasteiger partial charge in [0.2, 0.25) is 11.8 Å². The van der Waals surface area contributed by atoms with Gasteiger partial charge in [0, 0.05) is 6.08 Å². The second-order valence-electron chi connectivity index (χ2n) is 7.07. The molecule has 0 fully saturated rings. The smallest absolute Gasteiger partial charge is 0.232 e. The molecule has 0 amide bonds. The van der Waals surface area contributed by atoms with E-state index >= 15 is 0 Å². The fourth-order valence-electron chi connectivity index (χ4n) is 3.29. The molecule has 6 nitrogen and oxygen atoms in total. The number of nitrogens with one attached hydrogen (secondary N) is 1. The number of benzene rings is 2. The first kappa shape index (κ1) is 21.9.